The van der Waals surface area contributed by atoms with Gasteiger partial charge in [0, 0.05) is 37.9 Å². The Morgan fingerprint density at radius 3 is 2.50 bits per heavy atom. The van der Waals surface area contributed by atoms with Crippen LogP contribution >= 0.6 is 0 Å². The van der Waals surface area contributed by atoms with Crippen molar-refractivity contribution < 1.29 is 14.3 Å². The van der Waals surface area contributed by atoms with Crippen LogP contribution in [0.3, 0.4) is 0 Å². The van der Waals surface area contributed by atoms with Gasteiger partial charge in [-0.2, -0.15) is 0 Å². The predicted octanol–water partition coefficient (Wildman–Crippen LogP) is 3.17. The van der Waals surface area contributed by atoms with E-state index in [1.165, 1.54) is 0 Å². The third-order valence-electron chi connectivity index (χ3n) is 5.71. The molecule has 1 fully saturated rings. The zero-order chi connectivity index (χ0) is 22.9. The molecule has 2 aromatic rings. The van der Waals surface area contributed by atoms with Crippen LogP contribution < -0.4 is 10.6 Å². The second-order valence-electron chi connectivity index (χ2n) is 8.47. The summed E-state index contributed by atoms with van der Waals surface area (Å²) in [5.41, 5.74) is 3.91. The second-order valence-corrected chi connectivity index (χ2v) is 8.47. The monoisotopic (exact) mass is 438 g/mol. The molecule has 3 amide bonds. The average Bonchev–Trinajstić information content (AvgIpc) is 2.76. The predicted molar refractivity (Wildman–Crippen MR) is 127 cm³/mol. The summed E-state index contributed by atoms with van der Waals surface area (Å²) in [6.45, 7) is 11.0. The van der Waals surface area contributed by atoms with Gasteiger partial charge in [-0.15, -0.1) is 0 Å². The van der Waals surface area contributed by atoms with Gasteiger partial charge in [-0.1, -0.05) is 48.0 Å². The van der Waals surface area contributed by atoms with E-state index in [2.05, 4.69) is 39.5 Å². The lowest BCUT2D eigenvalue weighted by atomic mass is 10.1. The second kappa shape index (κ2) is 11.8. The van der Waals surface area contributed by atoms with Gasteiger partial charge in [0.2, 0.25) is 5.91 Å². The lowest BCUT2D eigenvalue weighted by molar-refractivity contribution is -0.121. The topological polar surface area (TPSA) is 73.9 Å². The van der Waals surface area contributed by atoms with Crippen molar-refractivity contribution in [3.8, 4) is 0 Å². The van der Waals surface area contributed by atoms with Crippen LogP contribution in [-0.4, -0.2) is 67.2 Å². The van der Waals surface area contributed by atoms with Crippen molar-refractivity contribution in [2.45, 2.75) is 33.4 Å². The summed E-state index contributed by atoms with van der Waals surface area (Å²) in [6, 6.07) is 15.5. The van der Waals surface area contributed by atoms with Crippen molar-refractivity contribution in [1.82, 2.24) is 15.1 Å². The molecule has 0 radical (unpaired) electrons. The Kier molecular flexibility index (Phi) is 8.79. The summed E-state index contributed by atoms with van der Waals surface area (Å²) in [6.07, 6.45) is 0. The molecule has 0 saturated carbocycles. The van der Waals surface area contributed by atoms with Crippen LogP contribution in [0.4, 0.5) is 10.5 Å². The number of hydrogen-bond donors (Lipinski definition) is 2. The molecule has 1 aliphatic heterocycles. The zero-order valence-electron chi connectivity index (χ0n) is 19.3. The Hall–Kier alpha value is -2.74. The molecule has 0 spiro atoms. The van der Waals surface area contributed by atoms with E-state index in [0.717, 1.165) is 49.5 Å². The van der Waals surface area contributed by atoms with Gasteiger partial charge in [-0.05, 0) is 38.0 Å². The van der Waals surface area contributed by atoms with E-state index in [1.54, 1.807) is 0 Å². The molecular weight excluding hydrogens is 404 g/mol. The molecule has 0 aromatic heterocycles. The number of urea groups is 1. The standard InChI is InChI=1S/C25H34N4O3/c1-19-9-10-23(20(2)15-19)26-25(31)27-24(30)18-29(17-22-7-5-4-6-8-22)21(3)16-28-11-13-32-14-12-28/h4-10,15,21H,11-14,16-18H2,1-3H3,(H2,26,27,30,31). The normalized spacial score (nSPS) is 15.4. The molecule has 1 atom stereocenters. The minimum Gasteiger partial charge on any atom is -0.379 e. The molecule has 2 N–H and O–H groups in total. The van der Waals surface area contributed by atoms with Crippen molar-refractivity contribution >= 4 is 17.6 Å². The summed E-state index contributed by atoms with van der Waals surface area (Å²) < 4.78 is 5.45. The zero-order valence-corrected chi connectivity index (χ0v) is 19.3. The van der Waals surface area contributed by atoms with Gasteiger partial charge < -0.3 is 10.1 Å². The van der Waals surface area contributed by atoms with Gasteiger partial charge in [-0.25, -0.2) is 4.79 Å². The lowest BCUT2D eigenvalue weighted by Gasteiger charge is -2.34. The number of anilines is 1. The van der Waals surface area contributed by atoms with E-state index in [1.807, 2.05) is 50.2 Å². The summed E-state index contributed by atoms with van der Waals surface area (Å²) in [7, 11) is 0. The Labute approximate surface area is 190 Å². The summed E-state index contributed by atoms with van der Waals surface area (Å²) in [4.78, 5) is 29.6. The van der Waals surface area contributed by atoms with Crippen LogP contribution in [0.5, 0.6) is 0 Å². The first kappa shape index (κ1) is 23.9. The highest BCUT2D eigenvalue weighted by atomic mass is 16.5. The van der Waals surface area contributed by atoms with Gasteiger partial charge in [0.15, 0.2) is 0 Å². The molecule has 172 valence electrons. The van der Waals surface area contributed by atoms with Gasteiger partial charge in [0.25, 0.3) is 0 Å². The van der Waals surface area contributed by atoms with Crippen LogP contribution in [0.1, 0.15) is 23.6 Å². The summed E-state index contributed by atoms with van der Waals surface area (Å²) in [5, 5.41) is 5.26. The average molecular weight is 439 g/mol. The summed E-state index contributed by atoms with van der Waals surface area (Å²) >= 11 is 0. The first-order chi connectivity index (χ1) is 15.4. The maximum Gasteiger partial charge on any atom is 0.325 e. The number of imide groups is 1. The fourth-order valence-corrected chi connectivity index (χ4v) is 3.92. The van der Waals surface area contributed by atoms with E-state index in [4.69, 9.17) is 4.74 Å². The lowest BCUT2D eigenvalue weighted by Crippen LogP contribution is -2.49. The fourth-order valence-electron chi connectivity index (χ4n) is 3.92. The molecule has 0 aliphatic carbocycles. The number of benzene rings is 2. The highest BCUT2D eigenvalue weighted by Gasteiger charge is 2.22. The quantitative estimate of drug-likeness (QED) is 0.662. The Morgan fingerprint density at radius 1 is 1.09 bits per heavy atom. The van der Waals surface area contributed by atoms with Crippen LogP contribution in [0, 0.1) is 13.8 Å². The van der Waals surface area contributed by atoms with Gasteiger partial charge in [0.1, 0.15) is 0 Å². The minimum absolute atomic E-state index is 0.140. The van der Waals surface area contributed by atoms with Crippen molar-refractivity contribution in [3.63, 3.8) is 0 Å². The maximum absolute atomic E-state index is 12.7. The van der Waals surface area contributed by atoms with E-state index < -0.39 is 6.03 Å². The molecule has 32 heavy (non-hydrogen) atoms. The van der Waals surface area contributed by atoms with E-state index in [0.29, 0.717) is 12.2 Å². The Balaban J connectivity index is 1.60. The number of morpholine rings is 1. The van der Waals surface area contributed by atoms with Crippen molar-refractivity contribution in [3.05, 3.63) is 65.2 Å². The van der Waals surface area contributed by atoms with Crippen LogP contribution in [0.25, 0.3) is 0 Å². The van der Waals surface area contributed by atoms with E-state index >= 15 is 0 Å². The SMILES string of the molecule is Cc1ccc(NC(=O)NC(=O)CN(Cc2ccccc2)C(C)CN2CCOCC2)c(C)c1. The van der Waals surface area contributed by atoms with E-state index in [9.17, 15) is 9.59 Å². The van der Waals surface area contributed by atoms with Gasteiger partial charge in [0.05, 0.1) is 19.8 Å². The minimum atomic E-state index is -0.512. The molecular formula is C25H34N4O3. The van der Waals surface area contributed by atoms with Gasteiger partial charge in [-0.3, -0.25) is 19.9 Å². The molecule has 3 rings (SSSR count). The van der Waals surface area contributed by atoms with Crippen molar-refractivity contribution in [2.24, 2.45) is 0 Å². The van der Waals surface area contributed by atoms with Gasteiger partial charge >= 0.3 is 6.03 Å². The first-order valence-electron chi connectivity index (χ1n) is 11.2. The number of aryl methyl sites for hydroxylation is 2. The number of hydrogen-bond acceptors (Lipinski definition) is 5. The molecule has 1 saturated heterocycles. The van der Waals surface area contributed by atoms with Crippen LogP contribution in [0.15, 0.2) is 48.5 Å². The number of carbonyl (C=O) groups excluding carboxylic acids is 2. The molecule has 1 aliphatic rings. The molecule has 7 heteroatoms. The molecule has 2 aromatic carbocycles. The Bertz CT molecular complexity index is 897. The van der Waals surface area contributed by atoms with Crippen LogP contribution in [0.2, 0.25) is 0 Å². The first-order valence-corrected chi connectivity index (χ1v) is 11.2. The number of rotatable bonds is 8. The highest BCUT2D eigenvalue weighted by Crippen LogP contribution is 2.16. The molecule has 1 unspecified atom stereocenters. The number of ether oxygens (including phenoxy) is 1. The van der Waals surface area contributed by atoms with Crippen molar-refractivity contribution in [2.75, 3.05) is 44.7 Å². The van der Waals surface area contributed by atoms with Crippen LogP contribution in [-0.2, 0) is 16.1 Å². The number of nitrogens with one attached hydrogen (secondary N) is 2. The highest BCUT2D eigenvalue weighted by molar-refractivity contribution is 6.02. The number of amides is 3. The smallest absolute Gasteiger partial charge is 0.325 e. The van der Waals surface area contributed by atoms with E-state index in [-0.39, 0.29) is 18.5 Å². The fraction of sp³-hybridized carbons (Fsp3) is 0.440. The van der Waals surface area contributed by atoms with Crippen molar-refractivity contribution in [1.29, 1.82) is 0 Å². The molecule has 0 bridgehead atoms. The summed E-state index contributed by atoms with van der Waals surface area (Å²) in [5.74, 6) is -0.322. The third-order valence-corrected chi connectivity index (χ3v) is 5.71. The Morgan fingerprint density at radius 2 is 1.81 bits per heavy atom. The maximum atomic E-state index is 12.7. The number of nitrogens with zero attached hydrogens (tertiary/aromatic N) is 2. The number of carbonyl (C=O) groups is 2. The third kappa shape index (κ3) is 7.44. The largest absolute Gasteiger partial charge is 0.379 e. The molecule has 7 nitrogen and oxygen atoms in total. The molecule has 1 heterocycles.